The minimum atomic E-state index is -0.203. The second kappa shape index (κ2) is 6.50. The van der Waals surface area contributed by atoms with Crippen molar-refractivity contribution in [2.75, 3.05) is 19.6 Å². The first-order valence-electron chi connectivity index (χ1n) is 5.95. The predicted octanol–water partition coefficient (Wildman–Crippen LogP) is 2.22. The number of hydrogen-bond donors (Lipinski definition) is 1. The van der Waals surface area contributed by atoms with Crippen LogP contribution in [0.3, 0.4) is 0 Å². The van der Waals surface area contributed by atoms with E-state index < -0.39 is 0 Å². The molecule has 1 heterocycles. The molecule has 1 amide bonds. The van der Waals surface area contributed by atoms with Crippen molar-refractivity contribution >= 4 is 28.4 Å². The molecule has 0 fully saturated rings. The summed E-state index contributed by atoms with van der Waals surface area (Å²) in [6.07, 6.45) is 1.70. The van der Waals surface area contributed by atoms with E-state index in [4.69, 9.17) is 16.3 Å². The van der Waals surface area contributed by atoms with Gasteiger partial charge in [-0.05, 0) is 18.2 Å². The van der Waals surface area contributed by atoms with Gasteiger partial charge in [-0.1, -0.05) is 12.1 Å². The highest BCUT2D eigenvalue weighted by atomic mass is 35.5. The fraction of sp³-hybridized carbons (Fsp3) is 0.286. The van der Waals surface area contributed by atoms with Gasteiger partial charge in [-0.3, -0.25) is 9.78 Å². The maximum Gasteiger partial charge on any atom is 0.252 e. The van der Waals surface area contributed by atoms with E-state index in [-0.39, 0.29) is 11.9 Å². The molecule has 0 bridgehead atoms. The zero-order valence-corrected chi connectivity index (χ0v) is 11.4. The minimum Gasteiger partial charge on any atom is -0.383 e. The Labute approximate surface area is 116 Å². The highest BCUT2D eigenvalue weighted by Crippen LogP contribution is 2.16. The highest BCUT2D eigenvalue weighted by Gasteiger charge is 2.14. The van der Waals surface area contributed by atoms with E-state index in [1.165, 1.54) is 0 Å². The van der Waals surface area contributed by atoms with E-state index in [0.29, 0.717) is 18.1 Å². The molecule has 0 saturated heterocycles. The molecule has 1 aromatic carbocycles. The molecular formula is C14H15ClN2O2. The van der Waals surface area contributed by atoms with E-state index in [0.717, 1.165) is 10.9 Å². The summed E-state index contributed by atoms with van der Waals surface area (Å²) in [5, 5.41) is 3.68. The first-order valence-corrected chi connectivity index (χ1v) is 6.49. The van der Waals surface area contributed by atoms with Crippen molar-refractivity contribution in [2.45, 2.75) is 6.04 Å². The van der Waals surface area contributed by atoms with Crippen molar-refractivity contribution in [3.63, 3.8) is 0 Å². The number of methoxy groups -OCH3 is 1. The number of amides is 1. The van der Waals surface area contributed by atoms with Gasteiger partial charge in [-0.25, -0.2) is 0 Å². The molecule has 19 heavy (non-hydrogen) atoms. The van der Waals surface area contributed by atoms with Crippen molar-refractivity contribution < 1.29 is 9.53 Å². The Bertz CT molecular complexity index is 569. The Morgan fingerprint density at radius 2 is 2.26 bits per heavy atom. The van der Waals surface area contributed by atoms with Gasteiger partial charge in [0.05, 0.1) is 18.2 Å². The van der Waals surface area contributed by atoms with E-state index in [1.807, 2.05) is 24.3 Å². The van der Waals surface area contributed by atoms with Crippen LogP contribution in [0.5, 0.6) is 0 Å². The predicted molar refractivity (Wildman–Crippen MR) is 75.6 cm³/mol. The summed E-state index contributed by atoms with van der Waals surface area (Å²) in [6, 6.07) is 8.95. The Balaban J connectivity index is 2.26. The molecule has 1 N–H and O–H groups in total. The number of aromatic nitrogens is 1. The molecule has 1 atom stereocenters. The van der Waals surface area contributed by atoms with Crippen molar-refractivity contribution in [1.82, 2.24) is 10.3 Å². The zero-order valence-electron chi connectivity index (χ0n) is 10.6. The zero-order chi connectivity index (χ0) is 13.7. The third kappa shape index (κ3) is 3.22. The summed E-state index contributed by atoms with van der Waals surface area (Å²) in [5.74, 6) is 0.143. The molecule has 0 saturated carbocycles. The van der Waals surface area contributed by atoms with Crippen LogP contribution in [0.25, 0.3) is 10.9 Å². The number of hydrogen-bond acceptors (Lipinski definition) is 3. The molecule has 0 aliphatic rings. The molecule has 2 aromatic rings. The number of halogens is 1. The van der Waals surface area contributed by atoms with E-state index in [1.54, 1.807) is 19.4 Å². The van der Waals surface area contributed by atoms with Crippen LogP contribution >= 0.6 is 11.6 Å². The minimum absolute atomic E-state index is 0.165. The number of pyridine rings is 1. The summed E-state index contributed by atoms with van der Waals surface area (Å²) in [6.45, 7) is 0.387. The molecule has 0 spiro atoms. The Morgan fingerprint density at radius 1 is 1.42 bits per heavy atom. The van der Waals surface area contributed by atoms with Crippen molar-refractivity contribution in [3.8, 4) is 0 Å². The molecule has 5 heteroatoms. The van der Waals surface area contributed by atoms with Gasteiger partial charge < -0.3 is 10.1 Å². The van der Waals surface area contributed by atoms with Gasteiger partial charge in [0, 0.05) is 30.1 Å². The third-order valence-corrected chi connectivity index (χ3v) is 3.15. The number of rotatable bonds is 5. The van der Waals surface area contributed by atoms with Crippen molar-refractivity contribution in [1.29, 1.82) is 0 Å². The topological polar surface area (TPSA) is 51.2 Å². The monoisotopic (exact) mass is 278 g/mol. The highest BCUT2D eigenvalue weighted by molar-refractivity contribution is 6.18. The first-order chi connectivity index (χ1) is 9.26. The average molecular weight is 279 g/mol. The van der Waals surface area contributed by atoms with Gasteiger partial charge in [0.15, 0.2) is 0 Å². The quantitative estimate of drug-likeness (QED) is 0.853. The molecule has 1 aromatic heterocycles. The molecule has 0 aliphatic heterocycles. The van der Waals surface area contributed by atoms with Gasteiger partial charge >= 0.3 is 0 Å². The normalized spacial score (nSPS) is 12.3. The fourth-order valence-corrected chi connectivity index (χ4v) is 2.06. The maximum atomic E-state index is 12.2. The lowest BCUT2D eigenvalue weighted by molar-refractivity contribution is 0.0908. The summed E-state index contributed by atoms with van der Waals surface area (Å²) in [7, 11) is 1.58. The van der Waals surface area contributed by atoms with Crippen LogP contribution in [-0.4, -0.2) is 36.5 Å². The van der Waals surface area contributed by atoms with E-state index in [9.17, 15) is 4.79 Å². The van der Waals surface area contributed by atoms with E-state index in [2.05, 4.69) is 10.3 Å². The average Bonchev–Trinajstić information content (AvgIpc) is 2.46. The molecule has 0 radical (unpaired) electrons. The number of nitrogens with one attached hydrogen (secondary N) is 1. The second-order valence-electron chi connectivity index (χ2n) is 4.16. The molecular weight excluding hydrogens is 264 g/mol. The number of alkyl halides is 1. The number of carbonyl (C=O) groups is 1. The smallest absolute Gasteiger partial charge is 0.252 e. The van der Waals surface area contributed by atoms with Crippen LogP contribution in [-0.2, 0) is 4.74 Å². The number of nitrogens with zero attached hydrogens (tertiary/aromatic N) is 1. The van der Waals surface area contributed by atoms with Crippen LogP contribution in [0.15, 0.2) is 36.5 Å². The van der Waals surface area contributed by atoms with Crippen LogP contribution in [0.1, 0.15) is 10.4 Å². The summed E-state index contributed by atoms with van der Waals surface area (Å²) in [5.41, 5.74) is 1.39. The largest absolute Gasteiger partial charge is 0.383 e. The summed E-state index contributed by atoms with van der Waals surface area (Å²) >= 11 is 5.79. The number of ether oxygens (including phenoxy) is 1. The van der Waals surface area contributed by atoms with Crippen molar-refractivity contribution in [2.24, 2.45) is 0 Å². The summed E-state index contributed by atoms with van der Waals surface area (Å²) in [4.78, 5) is 16.5. The Kier molecular flexibility index (Phi) is 4.71. The van der Waals surface area contributed by atoms with E-state index >= 15 is 0 Å². The van der Waals surface area contributed by atoms with Gasteiger partial charge in [0.1, 0.15) is 0 Å². The SMILES string of the molecule is COCC(CCl)NC(=O)c1cccc2ncccc12. The molecule has 4 nitrogen and oxygen atoms in total. The number of carbonyl (C=O) groups excluding carboxylic acids is 1. The molecule has 2 rings (SSSR count). The fourth-order valence-electron chi connectivity index (χ4n) is 1.89. The third-order valence-electron chi connectivity index (χ3n) is 2.78. The van der Waals surface area contributed by atoms with Crippen LogP contribution in [0.4, 0.5) is 0 Å². The summed E-state index contributed by atoms with van der Waals surface area (Å²) < 4.78 is 5.01. The lowest BCUT2D eigenvalue weighted by Gasteiger charge is -2.15. The van der Waals surface area contributed by atoms with Gasteiger partial charge in [0.2, 0.25) is 0 Å². The molecule has 1 unspecified atom stereocenters. The second-order valence-corrected chi connectivity index (χ2v) is 4.46. The molecule has 100 valence electrons. The van der Waals surface area contributed by atoms with Crippen LogP contribution < -0.4 is 5.32 Å². The lowest BCUT2D eigenvalue weighted by atomic mass is 10.1. The maximum absolute atomic E-state index is 12.2. The van der Waals surface area contributed by atoms with Gasteiger partial charge in [0.25, 0.3) is 5.91 Å². The number of benzene rings is 1. The van der Waals surface area contributed by atoms with Crippen LogP contribution in [0.2, 0.25) is 0 Å². The van der Waals surface area contributed by atoms with Gasteiger partial charge in [-0.2, -0.15) is 0 Å². The standard InChI is InChI=1S/C14H15ClN2O2/c1-19-9-10(8-15)17-14(18)12-4-2-6-13-11(12)5-3-7-16-13/h2-7,10H,8-9H2,1H3,(H,17,18). The van der Waals surface area contributed by atoms with Crippen molar-refractivity contribution in [3.05, 3.63) is 42.1 Å². The van der Waals surface area contributed by atoms with Gasteiger partial charge in [-0.15, -0.1) is 11.6 Å². The Morgan fingerprint density at radius 3 is 3.00 bits per heavy atom. The molecule has 0 aliphatic carbocycles. The Hall–Kier alpha value is -1.65. The number of fused-ring (bicyclic) bond motifs is 1. The first kappa shape index (κ1) is 13.8. The lowest BCUT2D eigenvalue weighted by Crippen LogP contribution is -2.39. The van der Waals surface area contributed by atoms with Crippen LogP contribution in [0, 0.1) is 0 Å².